The summed E-state index contributed by atoms with van der Waals surface area (Å²) in [6, 6.07) is 0. The molecule has 14 heavy (non-hydrogen) atoms. The van der Waals surface area contributed by atoms with Gasteiger partial charge in [-0.05, 0) is 18.8 Å². The van der Waals surface area contributed by atoms with Crippen LogP contribution in [0.3, 0.4) is 0 Å². The van der Waals surface area contributed by atoms with E-state index < -0.39 is 11.5 Å². The van der Waals surface area contributed by atoms with E-state index in [9.17, 15) is 4.79 Å². The summed E-state index contributed by atoms with van der Waals surface area (Å²) >= 11 is 1.63. The van der Waals surface area contributed by atoms with Crippen molar-refractivity contribution in [2.75, 3.05) is 5.75 Å². The number of hydrogen-bond acceptors (Lipinski definition) is 3. The monoisotopic (exact) mass is 217 g/mol. The van der Waals surface area contributed by atoms with Gasteiger partial charge in [0.15, 0.2) is 0 Å². The third-order valence-electron chi connectivity index (χ3n) is 2.45. The van der Waals surface area contributed by atoms with Crippen molar-refractivity contribution in [3.8, 4) is 0 Å². The number of rotatable bonds is 4. The molecule has 0 spiro atoms. The Bertz CT molecular complexity index is 233. The Morgan fingerprint density at radius 1 is 1.50 bits per heavy atom. The molecule has 3 nitrogen and oxygen atoms in total. The minimum absolute atomic E-state index is 0.0783. The van der Waals surface area contributed by atoms with Crippen molar-refractivity contribution in [3.05, 3.63) is 0 Å². The van der Waals surface area contributed by atoms with Crippen LogP contribution in [0.1, 0.15) is 33.6 Å². The number of carboxylic acids is 1. The first kappa shape index (κ1) is 11.9. The summed E-state index contributed by atoms with van der Waals surface area (Å²) in [5.74, 6) is -0.150. The largest absolute Gasteiger partial charge is 0.480 e. The van der Waals surface area contributed by atoms with Crippen molar-refractivity contribution < 1.29 is 9.90 Å². The van der Waals surface area contributed by atoms with Crippen LogP contribution < -0.4 is 5.73 Å². The van der Waals surface area contributed by atoms with Gasteiger partial charge in [-0.3, -0.25) is 4.79 Å². The second-order valence-corrected chi connectivity index (χ2v) is 6.82. The van der Waals surface area contributed by atoms with Gasteiger partial charge in [-0.2, -0.15) is 11.8 Å². The molecule has 0 heterocycles. The number of nitrogens with two attached hydrogens (primary N) is 1. The van der Waals surface area contributed by atoms with Crippen molar-refractivity contribution >= 4 is 17.7 Å². The third-order valence-corrected chi connectivity index (χ3v) is 3.94. The van der Waals surface area contributed by atoms with Gasteiger partial charge < -0.3 is 10.8 Å². The number of carboxylic acid groups (broad SMARTS) is 1. The molecule has 1 atom stereocenters. The maximum atomic E-state index is 11.1. The summed E-state index contributed by atoms with van der Waals surface area (Å²) in [5.41, 5.74) is 4.93. The van der Waals surface area contributed by atoms with Crippen LogP contribution in [0.25, 0.3) is 0 Å². The molecule has 4 heteroatoms. The van der Waals surface area contributed by atoms with Gasteiger partial charge >= 0.3 is 5.97 Å². The van der Waals surface area contributed by atoms with Gasteiger partial charge in [0.1, 0.15) is 5.54 Å². The van der Waals surface area contributed by atoms with Gasteiger partial charge in [0, 0.05) is 10.5 Å². The van der Waals surface area contributed by atoms with Crippen LogP contribution in [0.4, 0.5) is 0 Å². The van der Waals surface area contributed by atoms with Gasteiger partial charge in [0.05, 0.1) is 0 Å². The summed E-state index contributed by atoms with van der Waals surface area (Å²) in [5, 5.41) is 9.10. The molecule has 82 valence electrons. The Kier molecular flexibility index (Phi) is 3.17. The highest BCUT2D eigenvalue weighted by Crippen LogP contribution is 2.41. The fourth-order valence-electron chi connectivity index (χ4n) is 1.29. The summed E-state index contributed by atoms with van der Waals surface area (Å²) in [4.78, 5) is 11.1. The zero-order chi connectivity index (χ0) is 11.0. The van der Waals surface area contributed by atoms with Gasteiger partial charge in [0.25, 0.3) is 0 Å². The molecule has 0 amide bonds. The molecule has 0 aromatic heterocycles. The maximum Gasteiger partial charge on any atom is 0.324 e. The highest BCUT2D eigenvalue weighted by molar-refractivity contribution is 8.00. The van der Waals surface area contributed by atoms with Gasteiger partial charge in [0.2, 0.25) is 0 Å². The molecule has 0 aromatic rings. The minimum Gasteiger partial charge on any atom is -0.480 e. The lowest BCUT2D eigenvalue weighted by molar-refractivity contribution is -0.143. The normalized spacial score (nSPS) is 21.7. The van der Waals surface area contributed by atoms with Crippen molar-refractivity contribution in [1.82, 2.24) is 0 Å². The van der Waals surface area contributed by atoms with E-state index in [0.29, 0.717) is 5.75 Å². The van der Waals surface area contributed by atoms with Crippen LogP contribution in [-0.4, -0.2) is 27.1 Å². The number of carbonyl (C=O) groups is 1. The smallest absolute Gasteiger partial charge is 0.324 e. The van der Waals surface area contributed by atoms with Crippen molar-refractivity contribution in [2.24, 2.45) is 11.7 Å². The van der Waals surface area contributed by atoms with Gasteiger partial charge in [-0.25, -0.2) is 0 Å². The highest BCUT2D eigenvalue weighted by Gasteiger charge is 2.48. The zero-order valence-corrected chi connectivity index (χ0v) is 9.86. The lowest BCUT2D eigenvalue weighted by Crippen LogP contribution is -2.53. The van der Waals surface area contributed by atoms with Crippen molar-refractivity contribution in [2.45, 2.75) is 43.9 Å². The molecule has 0 radical (unpaired) electrons. The fourth-order valence-corrected chi connectivity index (χ4v) is 2.32. The molecule has 3 N–H and O–H groups in total. The van der Waals surface area contributed by atoms with Crippen LogP contribution in [0, 0.1) is 5.92 Å². The molecule has 0 saturated heterocycles. The summed E-state index contributed by atoms with van der Waals surface area (Å²) < 4.78 is 0.0783. The predicted molar refractivity (Wildman–Crippen MR) is 59.5 cm³/mol. The van der Waals surface area contributed by atoms with Gasteiger partial charge in [-0.15, -0.1) is 0 Å². The summed E-state index contributed by atoms with van der Waals surface area (Å²) in [7, 11) is 0. The number of thioether (sulfide) groups is 1. The van der Waals surface area contributed by atoms with Crippen LogP contribution in [0.5, 0.6) is 0 Å². The molecule has 1 aliphatic rings. The minimum atomic E-state index is -1.00. The zero-order valence-electron chi connectivity index (χ0n) is 9.04. The van der Waals surface area contributed by atoms with E-state index in [1.807, 2.05) is 0 Å². The first-order valence-corrected chi connectivity index (χ1v) is 5.90. The molecule has 1 fully saturated rings. The molecule has 1 unspecified atom stereocenters. The molecule has 1 aliphatic carbocycles. The standard InChI is InChI=1S/C10H19NO2S/c1-9(2,3)14-6-10(11,8(12)13)7-4-5-7/h7H,4-6,11H2,1-3H3,(H,12,13). The SMILES string of the molecule is CC(C)(C)SCC(N)(C(=O)O)C1CC1. The van der Waals surface area contributed by atoms with Crippen LogP contribution >= 0.6 is 11.8 Å². The molecule has 0 aromatic carbocycles. The Hall–Kier alpha value is -0.220. The molecule has 1 rings (SSSR count). The second kappa shape index (κ2) is 3.74. The topological polar surface area (TPSA) is 63.3 Å². The predicted octanol–water partition coefficient (Wildman–Crippen LogP) is 1.71. The average Bonchev–Trinajstić information content (AvgIpc) is 2.80. The van der Waals surface area contributed by atoms with E-state index in [1.165, 1.54) is 0 Å². The molecular weight excluding hydrogens is 198 g/mol. The lowest BCUT2D eigenvalue weighted by atomic mass is 9.98. The summed E-state index contributed by atoms with van der Waals surface area (Å²) in [6.07, 6.45) is 1.93. The third kappa shape index (κ3) is 2.89. The highest BCUT2D eigenvalue weighted by atomic mass is 32.2. The van der Waals surface area contributed by atoms with Crippen LogP contribution in [0.2, 0.25) is 0 Å². The Balaban J connectivity index is 2.56. The number of hydrogen-bond donors (Lipinski definition) is 2. The Morgan fingerprint density at radius 2 is 2.00 bits per heavy atom. The lowest BCUT2D eigenvalue weighted by Gasteiger charge is -2.28. The molecule has 1 saturated carbocycles. The van der Waals surface area contributed by atoms with Crippen molar-refractivity contribution in [1.29, 1.82) is 0 Å². The van der Waals surface area contributed by atoms with Crippen molar-refractivity contribution in [3.63, 3.8) is 0 Å². The quantitative estimate of drug-likeness (QED) is 0.752. The van der Waals surface area contributed by atoms with E-state index in [2.05, 4.69) is 20.8 Å². The fraction of sp³-hybridized carbons (Fsp3) is 0.900. The maximum absolute atomic E-state index is 11.1. The second-order valence-electron chi connectivity index (χ2n) is 5.02. The Labute approximate surface area is 89.4 Å². The van der Waals surface area contributed by atoms with Crippen LogP contribution in [0.15, 0.2) is 0 Å². The Morgan fingerprint density at radius 3 is 2.29 bits per heavy atom. The molecular formula is C10H19NO2S. The van der Waals surface area contributed by atoms with E-state index in [1.54, 1.807) is 11.8 Å². The van der Waals surface area contributed by atoms with E-state index in [4.69, 9.17) is 10.8 Å². The number of aliphatic carboxylic acids is 1. The first-order chi connectivity index (χ1) is 6.26. The summed E-state index contributed by atoms with van der Waals surface area (Å²) in [6.45, 7) is 6.23. The molecule has 0 bridgehead atoms. The first-order valence-electron chi connectivity index (χ1n) is 4.92. The molecule has 0 aliphatic heterocycles. The van der Waals surface area contributed by atoms with Gasteiger partial charge in [-0.1, -0.05) is 20.8 Å². The van der Waals surface area contributed by atoms with E-state index in [-0.39, 0.29) is 10.7 Å². The van der Waals surface area contributed by atoms with E-state index in [0.717, 1.165) is 12.8 Å². The van der Waals surface area contributed by atoms with E-state index >= 15 is 0 Å². The van der Waals surface area contributed by atoms with Crippen LogP contribution in [-0.2, 0) is 4.79 Å². The average molecular weight is 217 g/mol.